The Kier molecular flexibility index (Phi) is 4.80. The van der Waals surface area contributed by atoms with Crippen molar-refractivity contribution in [1.82, 2.24) is 9.47 Å². The summed E-state index contributed by atoms with van der Waals surface area (Å²) in [5.74, 6) is -0.121. The molecule has 0 radical (unpaired) electrons. The molecule has 4 nitrogen and oxygen atoms in total. The lowest BCUT2D eigenvalue weighted by molar-refractivity contribution is -0.127. The lowest BCUT2D eigenvalue weighted by Gasteiger charge is -2.21. The predicted octanol–water partition coefficient (Wildman–Crippen LogP) is 2.92. The Morgan fingerprint density at radius 3 is 2.68 bits per heavy atom. The molecule has 0 aliphatic heterocycles. The summed E-state index contributed by atoms with van der Waals surface area (Å²) < 4.78 is 1.76. The molecular formula is C18H19N3O. The molecule has 1 amide bonds. The fourth-order valence-electron chi connectivity index (χ4n) is 2.42. The first-order valence-corrected chi connectivity index (χ1v) is 7.05. The van der Waals surface area contributed by atoms with Crippen LogP contribution in [0.25, 0.3) is 0 Å². The molecule has 1 heterocycles. The Bertz CT molecular complexity index is 737. The predicted molar refractivity (Wildman–Crippen MR) is 85.8 cm³/mol. The largest absolute Gasteiger partial charge is 0.342 e. The minimum absolute atomic E-state index is 0.121. The van der Waals surface area contributed by atoms with Crippen LogP contribution >= 0.6 is 0 Å². The van der Waals surface area contributed by atoms with Gasteiger partial charge in [0.15, 0.2) is 0 Å². The van der Waals surface area contributed by atoms with E-state index in [-0.39, 0.29) is 5.91 Å². The number of carbonyl (C=O) groups is 1. The minimum atomic E-state index is -0.121. The summed E-state index contributed by atoms with van der Waals surface area (Å²) in [7, 11) is 1.82. The van der Waals surface area contributed by atoms with E-state index in [0.29, 0.717) is 18.8 Å². The molecule has 0 atom stereocenters. The maximum atomic E-state index is 12.1. The molecule has 1 aromatic carbocycles. The van der Waals surface area contributed by atoms with Crippen molar-refractivity contribution in [3.05, 3.63) is 71.6 Å². The van der Waals surface area contributed by atoms with Crippen molar-refractivity contribution in [3.8, 4) is 6.07 Å². The van der Waals surface area contributed by atoms with Gasteiger partial charge in [-0.3, -0.25) is 4.79 Å². The zero-order chi connectivity index (χ0) is 16.1. The quantitative estimate of drug-likeness (QED) is 0.796. The SMILES string of the molecule is C=CC(=O)N(Cc1cccc(C)c1)Cc1cc(C#N)n(C)c1. The lowest BCUT2D eigenvalue weighted by atomic mass is 10.1. The molecule has 112 valence electrons. The van der Waals surface area contributed by atoms with Crippen LogP contribution in [0.5, 0.6) is 0 Å². The minimum Gasteiger partial charge on any atom is -0.342 e. The average molecular weight is 293 g/mol. The number of benzene rings is 1. The molecule has 22 heavy (non-hydrogen) atoms. The van der Waals surface area contributed by atoms with Crippen LogP contribution in [0.4, 0.5) is 0 Å². The van der Waals surface area contributed by atoms with Gasteiger partial charge in [-0.1, -0.05) is 36.4 Å². The molecular weight excluding hydrogens is 274 g/mol. The topological polar surface area (TPSA) is 49.0 Å². The number of rotatable bonds is 5. The standard InChI is InChI=1S/C18H19N3O/c1-4-18(22)21(12-15-7-5-6-14(2)8-15)13-16-9-17(10-19)20(3)11-16/h4-9,11H,1,12-13H2,2-3H3. The van der Waals surface area contributed by atoms with E-state index in [0.717, 1.165) is 16.7 Å². The highest BCUT2D eigenvalue weighted by Crippen LogP contribution is 2.14. The van der Waals surface area contributed by atoms with Crippen LogP contribution in [0.2, 0.25) is 0 Å². The fourth-order valence-corrected chi connectivity index (χ4v) is 2.42. The van der Waals surface area contributed by atoms with Crippen LogP contribution in [-0.2, 0) is 24.9 Å². The molecule has 0 spiro atoms. The van der Waals surface area contributed by atoms with Crippen LogP contribution in [-0.4, -0.2) is 15.4 Å². The third-order valence-corrected chi connectivity index (χ3v) is 3.49. The summed E-state index contributed by atoms with van der Waals surface area (Å²) in [5.41, 5.74) is 3.75. The number of hydrogen-bond donors (Lipinski definition) is 0. The Balaban J connectivity index is 2.21. The number of nitrogens with zero attached hydrogens (tertiary/aromatic N) is 3. The van der Waals surface area contributed by atoms with Gasteiger partial charge in [0.05, 0.1) is 0 Å². The Morgan fingerprint density at radius 2 is 2.09 bits per heavy atom. The molecule has 0 aliphatic carbocycles. The molecule has 0 saturated carbocycles. The second kappa shape index (κ2) is 6.77. The van der Waals surface area contributed by atoms with Crippen LogP contribution in [0.15, 0.2) is 49.2 Å². The Hall–Kier alpha value is -2.80. The molecule has 2 aromatic rings. The summed E-state index contributed by atoms with van der Waals surface area (Å²) >= 11 is 0. The van der Waals surface area contributed by atoms with E-state index in [9.17, 15) is 4.79 Å². The molecule has 0 saturated heterocycles. The molecule has 0 bridgehead atoms. The van der Waals surface area contributed by atoms with Crippen LogP contribution < -0.4 is 0 Å². The van der Waals surface area contributed by atoms with E-state index < -0.39 is 0 Å². The van der Waals surface area contributed by atoms with Crippen molar-refractivity contribution in [2.24, 2.45) is 7.05 Å². The van der Waals surface area contributed by atoms with Gasteiger partial charge in [0.2, 0.25) is 5.91 Å². The van der Waals surface area contributed by atoms with Gasteiger partial charge in [0.1, 0.15) is 11.8 Å². The highest BCUT2D eigenvalue weighted by molar-refractivity contribution is 5.86. The van der Waals surface area contributed by atoms with Crippen molar-refractivity contribution >= 4 is 5.91 Å². The number of hydrogen-bond acceptors (Lipinski definition) is 2. The molecule has 0 unspecified atom stereocenters. The van der Waals surface area contributed by atoms with E-state index in [2.05, 4.69) is 18.7 Å². The number of nitriles is 1. The second-order valence-electron chi connectivity index (χ2n) is 5.34. The average Bonchev–Trinajstić information content (AvgIpc) is 2.85. The van der Waals surface area contributed by atoms with Crippen molar-refractivity contribution < 1.29 is 4.79 Å². The van der Waals surface area contributed by atoms with Gasteiger partial charge in [-0.15, -0.1) is 0 Å². The Morgan fingerprint density at radius 1 is 1.36 bits per heavy atom. The normalized spacial score (nSPS) is 10.0. The number of amides is 1. The molecule has 4 heteroatoms. The van der Waals surface area contributed by atoms with E-state index in [4.69, 9.17) is 5.26 Å². The van der Waals surface area contributed by atoms with Gasteiger partial charge in [-0.05, 0) is 30.2 Å². The summed E-state index contributed by atoms with van der Waals surface area (Å²) in [6, 6.07) is 12.0. The Labute approximate surface area is 130 Å². The van der Waals surface area contributed by atoms with Crippen molar-refractivity contribution in [2.45, 2.75) is 20.0 Å². The second-order valence-corrected chi connectivity index (χ2v) is 5.34. The third kappa shape index (κ3) is 3.64. The van der Waals surface area contributed by atoms with Crippen molar-refractivity contribution in [1.29, 1.82) is 5.26 Å². The van der Waals surface area contributed by atoms with Gasteiger partial charge in [-0.2, -0.15) is 5.26 Å². The number of aromatic nitrogens is 1. The number of carbonyl (C=O) groups excluding carboxylic acids is 1. The fraction of sp³-hybridized carbons (Fsp3) is 0.222. The first kappa shape index (κ1) is 15.6. The summed E-state index contributed by atoms with van der Waals surface area (Å²) in [6.45, 7) is 6.57. The van der Waals surface area contributed by atoms with Crippen molar-refractivity contribution in [3.63, 3.8) is 0 Å². The summed E-state index contributed by atoms with van der Waals surface area (Å²) in [6.07, 6.45) is 3.20. The van der Waals surface area contributed by atoms with Crippen molar-refractivity contribution in [2.75, 3.05) is 0 Å². The van der Waals surface area contributed by atoms with Crippen LogP contribution in [0.3, 0.4) is 0 Å². The highest BCUT2D eigenvalue weighted by Gasteiger charge is 2.13. The highest BCUT2D eigenvalue weighted by atomic mass is 16.2. The van der Waals surface area contributed by atoms with Crippen LogP contribution in [0.1, 0.15) is 22.4 Å². The first-order chi connectivity index (χ1) is 10.5. The first-order valence-electron chi connectivity index (χ1n) is 7.05. The van der Waals surface area contributed by atoms with E-state index >= 15 is 0 Å². The molecule has 0 fully saturated rings. The molecule has 0 aliphatic rings. The number of aryl methyl sites for hydroxylation is 2. The van der Waals surface area contributed by atoms with Gasteiger partial charge < -0.3 is 9.47 Å². The van der Waals surface area contributed by atoms with Crippen LogP contribution in [0, 0.1) is 18.3 Å². The van der Waals surface area contributed by atoms with E-state index in [1.54, 1.807) is 15.5 Å². The lowest BCUT2D eigenvalue weighted by Crippen LogP contribution is -2.28. The van der Waals surface area contributed by atoms with Gasteiger partial charge in [0, 0.05) is 26.3 Å². The molecule has 2 rings (SSSR count). The maximum Gasteiger partial charge on any atom is 0.246 e. The zero-order valence-corrected chi connectivity index (χ0v) is 12.9. The molecule has 1 aromatic heterocycles. The monoisotopic (exact) mass is 293 g/mol. The zero-order valence-electron chi connectivity index (χ0n) is 12.9. The van der Waals surface area contributed by atoms with Gasteiger partial charge >= 0.3 is 0 Å². The van der Waals surface area contributed by atoms with Gasteiger partial charge in [-0.25, -0.2) is 0 Å². The third-order valence-electron chi connectivity index (χ3n) is 3.49. The smallest absolute Gasteiger partial charge is 0.246 e. The van der Waals surface area contributed by atoms with E-state index in [1.807, 2.05) is 38.4 Å². The maximum absolute atomic E-state index is 12.1. The van der Waals surface area contributed by atoms with E-state index in [1.165, 1.54) is 6.08 Å². The molecule has 0 N–H and O–H groups in total. The van der Waals surface area contributed by atoms with Gasteiger partial charge in [0.25, 0.3) is 0 Å². The summed E-state index contributed by atoms with van der Waals surface area (Å²) in [4.78, 5) is 13.8. The summed E-state index contributed by atoms with van der Waals surface area (Å²) in [5, 5.41) is 9.02.